The highest BCUT2D eigenvalue weighted by molar-refractivity contribution is 14.1. The number of hydrogen-bond donors (Lipinski definition) is 0. The molecule has 1 unspecified atom stereocenters. The Kier molecular flexibility index (Phi) is 5.69. The molecule has 4 rings (SSSR count). The zero-order chi connectivity index (χ0) is 16.5. The quantitative estimate of drug-likeness (QED) is 0.322. The molecular weight excluding hydrogens is 422 g/mol. The molecule has 0 radical (unpaired) electrons. The van der Waals surface area contributed by atoms with Crippen LogP contribution in [0.4, 0.5) is 0 Å². The first-order valence-electron chi connectivity index (χ1n) is 10.0. The van der Waals surface area contributed by atoms with Crippen molar-refractivity contribution in [1.29, 1.82) is 0 Å². The van der Waals surface area contributed by atoms with Gasteiger partial charge in [0.15, 0.2) is 0 Å². The van der Waals surface area contributed by atoms with Crippen LogP contribution in [-0.4, -0.2) is 11.3 Å². The van der Waals surface area contributed by atoms with Gasteiger partial charge in [-0.15, -0.1) is 0 Å². The number of fused-ring (bicyclic) bond motifs is 1. The largest absolute Gasteiger partial charge is 0.0675 e. The fourth-order valence-electron chi connectivity index (χ4n) is 5.20. The number of hydrogen-bond acceptors (Lipinski definition) is 0. The third-order valence-corrected chi connectivity index (χ3v) is 12.0. The van der Waals surface area contributed by atoms with Crippen molar-refractivity contribution < 1.29 is 0 Å². The number of benzene rings is 1. The summed E-state index contributed by atoms with van der Waals surface area (Å²) in [6.07, 6.45) is 14.9. The highest BCUT2D eigenvalue weighted by Gasteiger charge is 2.39. The molecule has 0 nitrogen and oxygen atoms in total. The summed E-state index contributed by atoms with van der Waals surface area (Å²) in [5.74, 6) is 0.633. The van der Waals surface area contributed by atoms with Gasteiger partial charge in [-0.25, -0.2) is 0 Å². The molecule has 3 aliphatic carbocycles. The minimum atomic E-state index is 0.0214. The van der Waals surface area contributed by atoms with Crippen molar-refractivity contribution >= 4 is 35.8 Å². The second-order valence-corrected chi connectivity index (χ2v) is 11.9. The van der Waals surface area contributed by atoms with Crippen LogP contribution in [0.15, 0.2) is 27.8 Å². The molecule has 0 amide bonds. The lowest BCUT2D eigenvalue weighted by molar-refractivity contribution is 0.487. The van der Waals surface area contributed by atoms with Gasteiger partial charge in [-0.3, -0.25) is 0 Å². The summed E-state index contributed by atoms with van der Waals surface area (Å²) in [6.45, 7) is 2.43. The van der Waals surface area contributed by atoms with Crippen molar-refractivity contribution in [2.45, 2.75) is 88.4 Å². The molecule has 1 aromatic carbocycles. The summed E-state index contributed by atoms with van der Waals surface area (Å²) in [5, 5.41) is 1.84. The van der Waals surface area contributed by atoms with Crippen molar-refractivity contribution in [3.63, 3.8) is 0 Å². The second-order valence-electron chi connectivity index (χ2n) is 8.00. The van der Waals surface area contributed by atoms with Crippen LogP contribution < -0.4 is 0 Å². The SMILES string of the molecule is CC1C(I)=C(P(C2CCCCC2)C2CCCCC2)c2ccccc21. The first-order valence-corrected chi connectivity index (χ1v) is 12.6. The maximum Gasteiger partial charge on any atom is 0.0132 e. The van der Waals surface area contributed by atoms with E-state index in [-0.39, 0.29) is 7.92 Å². The molecule has 2 fully saturated rings. The highest BCUT2D eigenvalue weighted by atomic mass is 127. The normalized spacial score (nSPS) is 26.2. The van der Waals surface area contributed by atoms with E-state index >= 15 is 0 Å². The second kappa shape index (κ2) is 7.78. The smallest absolute Gasteiger partial charge is 0.0132 e. The molecule has 0 heterocycles. The fraction of sp³-hybridized carbons (Fsp3) is 0.636. The van der Waals surface area contributed by atoms with E-state index in [1.165, 1.54) is 64.2 Å². The lowest BCUT2D eigenvalue weighted by Crippen LogP contribution is -2.21. The molecule has 3 aliphatic rings. The van der Waals surface area contributed by atoms with Gasteiger partial charge in [-0.2, -0.15) is 0 Å². The molecule has 0 N–H and O–H groups in total. The van der Waals surface area contributed by atoms with Crippen LogP contribution in [-0.2, 0) is 0 Å². The number of halogens is 1. The summed E-state index contributed by atoms with van der Waals surface area (Å²) in [5.41, 5.74) is 5.26. The van der Waals surface area contributed by atoms with Crippen LogP contribution in [0, 0.1) is 0 Å². The summed E-state index contributed by atoms with van der Waals surface area (Å²) in [7, 11) is 0.0214. The van der Waals surface area contributed by atoms with Gasteiger partial charge in [-0.05, 0) is 76.0 Å². The Labute approximate surface area is 162 Å². The van der Waals surface area contributed by atoms with E-state index in [1.54, 1.807) is 14.7 Å². The van der Waals surface area contributed by atoms with Gasteiger partial charge < -0.3 is 0 Å². The van der Waals surface area contributed by atoms with Crippen molar-refractivity contribution in [3.05, 3.63) is 39.0 Å². The summed E-state index contributed by atoms with van der Waals surface area (Å²) >= 11 is 2.72. The minimum absolute atomic E-state index is 0.0214. The van der Waals surface area contributed by atoms with Crippen molar-refractivity contribution in [2.24, 2.45) is 0 Å². The predicted octanol–water partition coefficient (Wildman–Crippen LogP) is 8.05. The maximum atomic E-state index is 2.72. The molecule has 0 aromatic heterocycles. The molecule has 1 atom stereocenters. The summed E-state index contributed by atoms with van der Waals surface area (Å²) in [4.78, 5) is 0. The molecule has 0 bridgehead atoms. The average molecular weight is 452 g/mol. The predicted molar refractivity (Wildman–Crippen MR) is 116 cm³/mol. The number of allylic oxidation sites excluding steroid dienone is 1. The van der Waals surface area contributed by atoms with Gasteiger partial charge in [0.2, 0.25) is 0 Å². The van der Waals surface area contributed by atoms with Gasteiger partial charge in [-0.1, -0.05) is 77.6 Å². The highest BCUT2D eigenvalue weighted by Crippen LogP contribution is 2.69. The fourth-order valence-corrected chi connectivity index (χ4v) is 10.8. The Morgan fingerprint density at radius 2 is 1.38 bits per heavy atom. The topological polar surface area (TPSA) is 0 Å². The van der Waals surface area contributed by atoms with Crippen LogP contribution >= 0.6 is 30.5 Å². The lowest BCUT2D eigenvalue weighted by atomic mass is 9.99. The standard InChI is InChI=1S/C22H30IP/c1-16-19-14-8-9-15-20(19)22(21(16)23)24(17-10-4-2-5-11-17)18-12-6-3-7-13-18/h8-9,14-18H,2-7,10-13H2,1H3. The Morgan fingerprint density at radius 1 is 0.833 bits per heavy atom. The maximum absolute atomic E-state index is 2.72. The Hall–Kier alpha value is 0.120. The van der Waals surface area contributed by atoms with Crippen molar-refractivity contribution in [2.75, 3.05) is 0 Å². The van der Waals surface area contributed by atoms with Crippen LogP contribution in [0.25, 0.3) is 5.31 Å². The van der Waals surface area contributed by atoms with Crippen molar-refractivity contribution in [1.82, 2.24) is 0 Å². The van der Waals surface area contributed by atoms with E-state index in [9.17, 15) is 0 Å². The molecule has 2 saturated carbocycles. The first kappa shape index (κ1) is 17.5. The van der Waals surface area contributed by atoms with Crippen LogP contribution in [0.1, 0.15) is 88.2 Å². The third-order valence-electron chi connectivity index (χ3n) is 6.48. The lowest BCUT2D eigenvalue weighted by Gasteiger charge is -2.40. The van der Waals surface area contributed by atoms with Gasteiger partial charge >= 0.3 is 0 Å². The zero-order valence-corrected chi connectivity index (χ0v) is 18.0. The van der Waals surface area contributed by atoms with Crippen LogP contribution in [0.2, 0.25) is 0 Å². The van der Waals surface area contributed by atoms with E-state index in [0.717, 1.165) is 11.3 Å². The third kappa shape index (κ3) is 3.25. The van der Waals surface area contributed by atoms with Gasteiger partial charge in [0.05, 0.1) is 0 Å². The first-order chi connectivity index (χ1) is 11.8. The summed E-state index contributed by atoms with van der Waals surface area (Å²) in [6, 6.07) is 9.34. The van der Waals surface area contributed by atoms with E-state index in [1.807, 2.05) is 5.31 Å². The van der Waals surface area contributed by atoms with Crippen molar-refractivity contribution in [3.8, 4) is 0 Å². The van der Waals surface area contributed by atoms with E-state index in [4.69, 9.17) is 0 Å². The van der Waals surface area contributed by atoms with Gasteiger partial charge in [0.25, 0.3) is 0 Å². The molecule has 2 heteroatoms. The van der Waals surface area contributed by atoms with Gasteiger partial charge in [0.1, 0.15) is 0 Å². The Bertz CT molecular complexity index is 590. The monoisotopic (exact) mass is 452 g/mol. The van der Waals surface area contributed by atoms with E-state index in [2.05, 4.69) is 53.8 Å². The van der Waals surface area contributed by atoms with Crippen LogP contribution in [0.3, 0.4) is 0 Å². The number of rotatable bonds is 3. The Morgan fingerprint density at radius 3 is 1.96 bits per heavy atom. The molecule has 24 heavy (non-hydrogen) atoms. The molecular formula is C22H30IP. The van der Waals surface area contributed by atoms with E-state index < -0.39 is 0 Å². The Balaban J connectivity index is 1.74. The molecule has 0 spiro atoms. The summed E-state index contributed by atoms with van der Waals surface area (Å²) < 4.78 is 1.69. The van der Waals surface area contributed by atoms with E-state index in [0.29, 0.717) is 5.92 Å². The molecule has 1 aromatic rings. The molecule has 0 saturated heterocycles. The average Bonchev–Trinajstić information content (AvgIpc) is 2.90. The van der Waals surface area contributed by atoms with Gasteiger partial charge in [0, 0.05) is 9.50 Å². The van der Waals surface area contributed by atoms with Crippen LogP contribution in [0.5, 0.6) is 0 Å². The minimum Gasteiger partial charge on any atom is -0.0675 e. The molecule has 0 aliphatic heterocycles. The zero-order valence-electron chi connectivity index (χ0n) is 14.9. The molecule has 130 valence electrons.